The fourth-order valence-electron chi connectivity index (χ4n) is 2.11. The Morgan fingerprint density at radius 3 is 2.83 bits per heavy atom. The molecule has 3 rings (SSSR count). The summed E-state index contributed by atoms with van der Waals surface area (Å²) in [5.74, 6) is -0.326. The highest BCUT2D eigenvalue weighted by atomic mass is 16.4. The first kappa shape index (κ1) is 11.0. The summed E-state index contributed by atoms with van der Waals surface area (Å²) in [6.07, 6.45) is 2.75. The zero-order valence-corrected chi connectivity index (χ0v) is 10.0. The number of aliphatic carboxylic acids is 1. The number of benzene rings is 1. The summed E-state index contributed by atoms with van der Waals surface area (Å²) in [6.45, 7) is 1.99. The number of nitrogens with zero attached hydrogens (tertiary/aromatic N) is 1. The van der Waals surface area contributed by atoms with Crippen LogP contribution in [0.3, 0.4) is 0 Å². The van der Waals surface area contributed by atoms with Gasteiger partial charge in [0.2, 0.25) is 5.89 Å². The minimum absolute atomic E-state index is 0.487. The molecular formula is C14H13NO3. The van der Waals surface area contributed by atoms with Crippen LogP contribution in [-0.2, 0) is 10.2 Å². The molecule has 4 nitrogen and oxygen atoms in total. The monoisotopic (exact) mass is 243 g/mol. The van der Waals surface area contributed by atoms with Gasteiger partial charge in [0.1, 0.15) is 11.7 Å². The summed E-state index contributed by atoms with van der Waals surface area (Å²) in [7, 11) is 0. The van der Waals surface area contributed by atoms with Crippen molar-refractivity contribution in [3.05, 3.63) is 41.8 Å². The molecule has 0 unspecified atom stereocenters. The molecule has 0 spiro atoms. The van der Waals surface area contributed by atoms with E-state index in [4.69, 9.17) is 4.42 Å². The maximum Gasteiger partial charge on any atom is 0.315 e. The molecule has 1 aromatic heterocycles. The van der Waals surface area contributed by atoms with Crippen molar-refractivity contribution < 1.29 is 14.3 Å². The van der Waals surface area contributed by atoms with Crippen LogP contribution in [0.4, 0.5) is 0 Å². The van der Waals surface area contributed by atoms with Crippen LogP contribution in [0.1, 0.15) is 24.1 Å². The van der Waals surface area contributed by atoms with E-state index < -0.39 is 11.4 Å². The molecule has 92 valence electrons. The molecule has 0 bridgehead atoms. The van der Waals surface area contributed by atoms with Crippen LogP contribution in [0.2, 0.25) is 0 Å². The van der Waals surface area contributed by atoms with Crippen molar-refractivity contribution >= 4 is 5.97 Å². The summed E-state index contributed by atoms with van der Waals surface area (Å²) in [5, 5.41) is 9.20. The maximum atomic E-state index is 11.2. The van der Waals surface area contributed by atoms with E-state index in [1.165, 1.54) is 6.26 Å². The van der Waals surface area contributed by atoms with Crippen molar-refractivity contribution in [1.29, 1.82) is 0 Å². The number of carboxylic acids is 1. The third-order valence-corrected chi connectivity index (χ3v) is 3.42. The van der Waals surface area contributed by atoms with Gasteiger partial charge in [-0.2, -0.15) is 0 Å². The number of hydrogen-bond acceptors (Lipinski definition) is 3. The van der Waals surface area contributed by atoms with Gasteiger partial charge in [-0.25, -0.2) is 4.98 Å². The second-order valence-corrected chi connectivity index (χ2v) is 4.79. The van der Waals surface area contributed by atoms with Gasteiger partial charge in [0.15, 0.2) is 0 Å². The molecule has 1 N–H and O–H groups in total. The maximum absolute atomic E-state index is 11.2. The Kier molecular flexibility index (Phi) is 2.26. The van der Waals surface area contributed by atoms with E-state index in [1.807, 2.05) is 31.2 Å². The molecule has 1 saturated carbocycles. The zero-order chi connectivity index (χ0) is 12.8. The van der Waals surface area contributed by atoms with Gasteiger partial charge in [0, 0.05) is 5.56 Å². The van der Waals surface area contributed by atoms with E-state index in [1.54, 1.807) is 0 Å². The number of oxazole rings is 1. The summed E-state index contributed by atoms with van der Waals surface area (Å²) in [6, 6.07) is 7.80. The molecule has 0 saturated heterocycles. The van der Waals surface area contributed by atoms with Crippen LogP contribution in [0, 0.1) is 6.92 Å². The molecule has 1 aliphatic carbocycles. The normalized spacial score (nSPS) is 16.5. The molecule has 0 atom stereocenters. The van der Waals surface area contributed by atoms with Gasteiger partial charge < -0.3 is 9.52 Å². The number of rotatable bonds is 3. The summed E-state index contributed by atoms with van der Waals surface area (Å²) < 4.78 is 5.41. The van der Waals surface area contributed by atoms with E-state index in [0.717, 1.165) is 11.1 Å². The highest BCUT2D eigenvalue weighted by Gasteiger charge is 2.54. The molecule has 4 heteroatoms. The van der Waals surface area contributed by atoms with E-state index in [0.29, 0.717) is 24.4 Å². The van der Waals surface area contributed by atoms with Gasteiger partial charge in [-0.05, 0) is 31.9 Å². The Labute approximate surface area is 104 Å². The Morgan fingerprint density at radius 2 is 2.22 bits per heavy atom. The van der Waals surface area contributed by atoms with E-state index >= 15 is 0 Å². The van der Waals surface area contributed by atoms with E-state index in [2.05, 4.69) is 4.98 Å². The second kappa shape index (κ2) is 3.70. The molecule has 0 aliphatic heterocycles. The van der Waals surface area contributed by atoms with Crippen molar-refractivity contribution in [3.8, 4) is 11.5 Å². The van der Waals surface area contributed by atoms with Crippen molar-refractivity contribution in [2.24, 2.45) is 0 Å². The third kappa shape index (κ3) is 1.61. The molecular weight excluding hydrogens is 230 g/mol. The predicted molar refractivity (Wildman–Crippen MR) is 65.2 cm³/mol. The lowest BCUT2D eigenvalue weighted by Crippen LogP contribution is -2.19. The largest absolute Gasteiger partial charge is 0.481 e. The molecule has 1 aromatic carbocycles. The van der Waals surface area contributed by atoms with Gasteiger partial charge in [-0.3, -0.25) is 4.79 Å². The Hall–Kier alpha value is -2.10. The molecule has 1 heterocycles. The molecule has 0 amide bonds. The lowest BCUT2D eigenvalue weighted by atomic mass is 10.0. The lowest BCUT2D eigenvalue weighted by Gasteiger charge is -2.03. The number of aryl methyl sites for hydroxylation is 1. The topological polar surface area (TPSA) is 63.3 Å². The highest BCUT2D eigenvalue weighted by Crippen LogP contribution is 2.48. The van der Waals surface area contributed by atoms with Crippen LogP contribution in [0.25, 0.3) is 11.5 Å². The SMILES string of the molecule is Cc1cccc(-c2nc(C3(C(=O)O)CC3)co2)c1. The van der Waals surface area contributed by atoms with Gasteiger partial charge in [-0.1, -0.05) is 17.7 Å². The van der Waals surface area contributed by atoms with Crippen LogP contribution >= 0.6 is 0 Å². The predicted octanol–water partition coefficient (Wildman–Crippen LogP) is 2.77. The van der Waals surface area contributed by atoms with Gasteiger partial charge in [0.25, 0.3) is 0 Å². The standard InChI is InChI=1S/C14H13NO3/c1-9-3-2-4-10(7-9)12-15-11(8-18-12)14(5-6-14)13(16)17/h2-4,7-8H,5-6H2,1H3,(H,16,17). The van der Waals surface area contributed by atoms with E-state index in [9.17, 15) is 9.90 Å². The highest BCUT2D eigenvalue weighted by molar-refractivity contribution is 5.84. The minimum Gasteiger partial charge on any atom is -0.481 e. The van der Waals surface area contributed by atoms with Crippen molar-refractivity contribution in [2.75, 3.05) is 0 Å². The number of carboxylic acid groups (broad SMARTS) is 1. The first-order valence-corrected chi connectivity index (χ1v) is 5.88. The number of aromatic nitrogens is 1. The second-order valence-electron chi connectivity index (χ2n) is 4.79. The van der Waals surface area contributed by atoms with Gasteiger partial charge in [-0.15, -0.1) is 0 Å². The smallest absolute Gasteiger partial charge is 0.315 e. The molecule has 1 aliphatic rings. The summed E-state index contributed by atoms with van der Waals surface area (Å²) in [4.78, 5) is 15.5. The van der Waals surface area contributed by atoms with Gasteiger partial charge in [0.05, 0.1) is 5.69 Å². The fraction of sp³-hybridized carbons (Fsp3) is 0.286. The fourth-order valence-corrected chi connectivity index (χ4v) is 2.11. The van der Waals surface area contributed by atoms with E-state index in [-0.39, 0.29) is 0 Å². The molecule has 18 heavy (non-hydrogen) atoms. The molecule has 0 radical (unpaired) electrons. The van der Waals surface area contributed by atoms with Crippen molar-refractivity contribution in [3.63, 3.8) is 0 Å². The Morgan fingerprint density at radius 1 is 1.44 bits per heavy atom. The van der Waals surface area contributed by atoms with Crippen LogP contribution in [0.15, 0.2) is 34.9 Å². The Bertz CT molecular complexity index is 611. The number of carbonyl (C=O) groups is 1. The van der Waals surface area contributed by atoms with Crippen LogP contribution < -0.4 is 0 Å². The zero-order valence-electron chi connectivity index (χ0n) is 10.0. The first-order valence-electron chi connectivity index (χ1n) is 5.88. The Balaban J connectivity index is 1.98. The quantitative estimate of drug-likeness (QED) is 0.900. The third-order valence-electron chi connectivity index (χ3n) is 3.42. The molecule has 1 fully saturated rings. The van der Waals surface area contributed by atoms with Crippen LogP contribution in [-0.4, -0.2) is 16.1 Å². The minimum atomic E-state index is -0.813. The van der Waals surface area contributed by atoms with Gasteiger partial charge >= 0.3 is 5.97 Å². The first-order chi connectivity index (χ1) is 8.62. The summed E-state index contributed by atoms with van der Waals surface area (Å²) in [5.41, 5.74) is 1.73. The lowest BCUT2D eigenvalue weighted by molar-refractivity contribution is -0.140. The average molecular weight is 243 g/mol. The average Bonchev–Trinajstić information content (AvgIpc) is 3.01. The molecule has 2 aromatic rings. The van der Waals surface area contributed by atoms with Crippen LogP contribution in [0.5, 0.6) is 0 Å². The van der Waals surface area contributed by atoms with Crippen molar-refractivity contribution in [1.82, 2.24) is 4.98 Å². The van der Waals surface area contributed by atoms with Crippen molar-refractivity contribution in [2.45, 2.75) is 25.2 Å². The summed E-state index contributed by atoms with van der Waals surface area (Å²) >= 11 is 0. The number of hydrogen-bond donors (Lipinski definition) is 1.